The fraction of sp³-hybridized carbons (Fsp3) is 0.233. The van der Waals surface area contributed by atoms with Gasteiger partial charge in [0, 0.05) is 40.8 Å². The fourth-order valence-electron chi connectivity index (χ4n) is 4.36. The van der Waals surface area contributed by atoms with E-state index in [0.29, 0.717) is 40.3 Å². The number of hydrogen-bond acceptors (Lipinski definition) is 4. The number of rotatable bonds is 8. The van der Waals surface area contributed by atoms with E-state index in [-0.39, 0.29) is 23.8 Å². The molecule has 0 saturated heterocycles. The number of likely N-dealkylation sites (N-methyl/N-ethyl adjacent to an activating group) is 1. The number of aryl methyl sites for hydroxylation is 1. The van der Waals surface area contributed by atoms with Crippen LogP contribution in [-0.2, 0) is 9.59 Å². The van der Waals surface area contributed by atoms with E-state index in [1.807, 2.05) is 70.1 Å². The molecule has 0 spiro atoms. The van der Waals surface area contributed by atoms with Crippen molar-refractivity contribution < 1.29 is 14.4 Å². The zero-order valence-electron chi connectivity index (χ0n) is 22.3. The summed E-state index contributed by atoms with van der Waals surface area (Å²) in [4.78, 5) is 43.5. The maximum absolute atomic E-state index is 13.0. The highest BCUT2D eigenvalue weighted by molar-refractivity contribution is 6.35. The minimum absolute atomic E-state index is 0.164. The Morgan fingerprint density at radius 3 is 2.53 bits per heavy atom. The van der Waals surface area contributed by atoms with Crippen LogP contribution in [0.2, 0.25) is 0 Å². The summed E-state index contributed by atoms with van der Waals surface area (Å²) in [7, 11) is 3.86. The Labute approximate surface area is 222 Å². The Hall–Kier alpha value is -4.43. The molecule has 0 saturated carbocycles. The van der Waals surface area contributed by atoms with Crippen molar-refractivity contribution in [2.75, 3.05) is 31.3 Å². The van der Waals surface area contributed by atoms with Crippen molar-refractivity contribution in [1.82, 2.24) is 15.2 Å². The van der Waals surface area contributed by atoms with Gasteiger partial charge in [0.25, 0.3) is 11.8 Å². The van der Waals surface area contributed by atoms with Gasteiger partial charge in [0.15, 0.2) is 0 Å². The van der Waals surface area contributed by atoms with E-state index in [1.54, 1.807) is 30.4 Å². The molecule has 0 bridgehead atoms. The number of aromatic nitrogens is 1. The normalized spacial score (nSPS) is 14.6. The summed E-state index contributed by atoms with van der Waals surface area (Å²) in [6.07, 6.45) is 5.06. The predicted molar refractivity (Wildman–Crippen MR) is 152 cm³/mol. The van der Waals surface area contributed by atoms with E-state index in [0.717, 1.165) is 16.8 Å². The zero-order chi connectivity index (χ0) is 27.4. The largest absolute Gasteiger partial charge is 0.357 e. The number of amides is 3. The molecule has 8 nitrogen and oxygen atoms in total. The lowest BCUT2D eigenvalue weighted by Crippen LogP contribution is -2.26. The Morgan fingerprint density at radius 1 is 1.08 bits per heavy atom. The van der Waals surface area contributed by atoms with Gasteiger partial charge in [-0.3, -0.25) is 14.4 Å². The lowest BCUT2D eigenvalue weighted by molar-refractivity contribution is -0.112. The van der Waals surface area contributed by atoms with Crippen LogP contribution < -0.4 is 16.0 Å². The van der Waals surface area contributed by atoms with Gasteiger partial charge in [0.1, 0.15) is 0 Å². The molecular weight excluding hydrogens is 478 g/mol. The van der Waals surface area contributed by atoms with Gasteiger partial charge >= 0.3 is 0 Å². The molecule has 1 aromatic heterocycles. The second-order valence-corrected chi connectivity index (χ2v) is 9.70. The maximum Gasteiger partial charge on any atom is 0.256 e. The standard InChI is InChI=1S/C30H33N5O3/c1-18-26(31-20(3)28(18)34-27(36)12-9-15-35(4)5)17-24-23-16-22(13-14-25(23)33-30(24)38)29(37)32-19(2)21-10-7-6-8-11-21/h6-14,16-17,19,31H,15H2,1-5H3,(H,32,37)(H,33,38)(H,34,36). The molecule has 2 heterocycles. The van der Waals surface area contributed by atoms with Crippen molar-refractivity contribution in [2.24, 2.45) is 0 Å². The highest BCUT2D eigenvalue weighted by atomic mass is 16.2. The molecule has 0 radical (unpaired) electrons. The molecule has 1 aliphatic heterocycles. The number of nitrogens with zero attached hydrogens (tertiary/aromatic N) is 1. The average Bonchev–Trinajstić information content (AvgIpc) is 3.33. The fourth-order valence-corrected chi connectivity index (χ4v) is 4.36. The first kappa shape index (κ1) is 26.6. The number of fused-ring (bicyclic) bond motifs is 1. The van der Waals surface area contributed by atoms with E-state index in [9.17, 15) is 14.4 Å². The third kappa shape index (κ3) is 5.92. The van der Waals surface area contributed by atoms with E-state index in [1.165, 1.54) is 6.08 Å². The van der Waals surface area contributed by atoms with Crippen LogP contribution in [0.1, 0.15) is 51.4 Å². The molecule has 0 fully saturated rings. The molecule has 1 atom stereocenters. The number of nitrogens with one attached hydrogen (secondary N) is 4. The number of carbonyl (C=O) groups is 3. The first-order valence-electron chi connectivity index (χ1n) is 12.5. The first-order chi connectivity index (χ1) is 18.1. The Kier molecular flexibility index (Phi) is 7.93. The monoisotopic (exact) mass is 511 g/mol. The van der Waals surface area contributed by atoms with E-state index in [4.69, 9.17) is 0 Å². The highest BCUT2D eigenvalue weighted by Crippen LogP contribution is 2.35. The smallest absolute Gasteiger partial charge is 0.256 e. The topological polar surface area (TPSA) is 106 Å². The van der Waals surface area contributed by atoms with Gasteiger partial charge in [-0.05, 0) is 70.3 Å². The molecule has 8 heteroatoms. The van der Waals surface area contributed by atoms with E-state index in [2.05, 4.69) is 20.9 Å². The van der Waals surface area contributed by atoms with Crippen LogP contribution in [0, 0.1) is 13.8 Å². The maximum atomic E-state index is 13.0. The van der Waals surface area contributed by atoms with Gasteiger partial charge in [-0.2, -0.15) is 0 Å². The van der Waals surface area contributed by atoms with Crippen molar-refractivity contribution in [3.63, 3.8) is 0 Å². The van der Waals surface area contributed by atoms with Crippen molar-refractivity contribution in [1.29, 1.82) is 0 Å². The lowest BCUT2D eigenvalue weighted by atomic mass is 10.0. The van der Waals surface area contributed by atoms with Gasteiger partial charge in [-0.15, -0.1) is 0 Å². The molecule has 196 valence electrons. The van der Waals surface area contributed by atoms with Gasteiger partial charge in [0.05, 0.1) is 17.3 Å². The third-order valence-corrected chi connectivity index (χ3v) is 6.46. The van der Waals surface area contributed by atoms with Crippen LogP contribution in [0.4, 0.5) is 11.4 Å². The summed E-state index contributed by atoms with van der Waals surface area (Å²) in [5.41, 5.74) is 6.20. The summed E-state index contributed by atoms with van der Waals surface area (Å²) in [6, 6.07) is 14.8. The second kappa shape index (κ2) is 11.3. The molecule has 4 rings (SSSR count). The highest BCUT2D eigenvalue weighted by Gasteiger charge is 2.26. The van der Waals surface area contributed by atoms with Crippen LogP contribution in [0.3, 0.4) is 0 Å². The molecule has 1 aliphatic rings. The Morgan fingerprint density at radius 2 is 1.82 bits per heavy atom. The number of H-pyrrole nitrogens is 1. The van der Waals surface area contributed by atoms with Crippen LogP contribution in [0.15, 0.2) is 60.7 Å². The summed E-state index contributed by atoms with van der Waals surface area (Å²) in [5, 5.41) is 8.82. The minimum Gasteiger partial charge on any atom is -0.357 e. The Balaban J connectivity index is 1.57. The number of carbonyl (C=O) groups excluding carboxylic acids is 3. The second-order valence-electron chi connectivity index (χ2n) is 9.70. The lowest BCUT2D eigenvalue weighted by Gasteiger charge is -2.14. The summed E-state index contributed by atoms with van der Waals surface area (Å²) < 4.78 is 0. The van der Waals surface area contributed by atoms with Crippen molar-refractivity contribution in [2.45, 2.75) is 26.8 Å². The van der Waals surface area contributed by atoms with Crippen LogP contribution in [-0.4, -0.2) is 48.2 Å². The summed E-state index contributed by atoms with van der Waals surface area (Å²) in [5.74, 6) is -0.693. The van der Waals surface area contributed by atoms with E-state index >= 15 is 0 Å². The van der Waals surface area contributed by atoms with Gasteiger partial charge < -0.3 is 25.8 Å². The molecule has 4 N–H and O–H groups in total. The van der Waals surface area contributed by atoms with Crippen molar-refractivity contribution in [3.05, 3.63) is 94.3 Å². The third-order valence-electron chi connectivity index (χ3n) is 6.46. The van der Waals surface area contributed by atoms with Crippen LogP contribution in [0.25, 0.3) is 11.6 Å². The zero-order valence-corrected chi connectivity index (χ0v) is 22.3. The molecule has 38 heavy (non-hydrogen) atoms. The quantitative estimate of drug-likeness (QED) is 0.330. The van der Waals surface area contributed by atoms with Gasteiger partial charge in [0.2, 0.25) is 5.91 Å². The predicted octanol–water partition coefficient (Wildman–Crippen LogP) is 4.67. The SMILES string of the molecule is Cc1[nH]c(C=C2C(=O)Nc3ccc(C(=O)NC(C)c4ccccc4)cc32)c(C)c1NC(=O)C=CCN(C)C. The molecular formula is C30H33N5O3. The number of benzene rings is 2. The van der Waals surface area contributed by atoms with Crippen LogP contribution in [0.5, 0.6) is 0 Å². The van der Waals surface area contributed by atoms with Crippen LogP contribution >= 0.6 is 0 Å². The number of anilines is 2. The Bertz CT molecular complexity index is 1430. The van der Waals surface area contributed by atoms with E-state index < -0.39 is 0 Å². The molecule has 3 aromatic rings. The van der Waals surface area contributed by atoms with Gasteiger partial charge in [-0.25, -0.2) is 0 Å². The number of hydrogen-bond donors (Lipinski definition) is 4. The molecule has 1 unspecified atom stereocenters. The summed E-state index contributed by atoms with van der Waals surface area (Å²) >= 11 is 0. The average molecular weight is 512 g/mol. The molecule has 0 aliphatic carbocycles. The summed E-state index contributed by atoms with van der Waals surface area (Å²) in [6.45, 7) is 6.35. The first-order valence-corrected chi connectivity index (χ1v) is 12.5. The number of aromatic amines is 1. The minimum atomic E-state index is -0.251. The van der Waals surface area contributed by atoms with Gasteiger partial charge in [-0.1, -0.05) is 36.4 Å². The molecule has 3 amide bonds. The van der Waals surface area contributed by atoms with Crippen molar-refractivity contribution in [3.8, 4) is 0 Å². The van der Waals surface area contributed by atoms with Crippen molar-refractivity contribution >= 4 is 40.7 Å². The molecule has 2 aromatic carbocycles.